The highest BCUT2D eigenvalue weighted by Gasteiger charge is 2.25. The highest BCUT2D eigenvalue weighted by atomic mass is 35.5. The molecule has 1 unspecified atom stereocenters. The summed E-state index contributed by atoms with van der Waals surface area (Å²) < 4.78 is 10.9. The van der Waals surface area contributed by atoms with Crippen LogP contribution in [0.4, 0.5) is 0 Å². The lowest BCUT2D eigenvalue weighted by atomic mass is 10.1. The zero-order valence-electron chi connectivity index (χ0n) is 27.9. The summed E-state index contributed by atoms with van der Waals surface area (Å²) in [7, 11) is 4.93. The number of nitrogens with one attached hydrogen (secondary N) is 3. The van der Waals surface area contributed by atoms with Gasteiger partial charge in [0.2, 0.25) is 0 Å². The molecule has 0 aliphatic carbocycles. The van der Waals surface area contributed by atoms with Crippen LogP contribution in [-0.4, -0.2) is 107 Å². The Morgan fingerprint density at radius 3 is 2.36 bits per heavy atom. The Bertz CT molecular complexity index is 1470. The lowest BCUT2D eigenvalue weighted by Gasteiger charge is -2.34. The first kappa shape index (κ1) is 41.6. The van der Waals surface area contributed by atoms with Gasteiger partial charge in [0, 0.05) is 69.4 Å². The van der Waals surface area contributed by atoms with E-state index in [0.29, 0.717) is 54.0 Å². The van der Waals surface area contributed by atoms with Gasteiger partial charge in [0.1, 0.15) is 23.7 Å². The maximum Gasteiger partial charge on any atom is 0.277 e. The van der Waals surface area contributed by atoms with Gasteiger partial charge in [0.05, 0.1) is 18.1 Å². The van der Waals surface area contributed by atoms with Gasteiger partial charge in [-0.25, -0.2) is 25.2 Å². The first-order valence-corrected chi connectivity index (χ1v) is 16.5. The van der Waals surface area contributed by atoms with Crippen molar-refractivity contribution in [2.45, 2.75) is 26.4 Å². The summed E-state index contributed by atoms with van der Waals surface area (Å²) >= 11 is 12.9. The number of hydrogen-bond acceptors (Lipinski definition) is 12. The monoisotopic (exact) mass is 762 g/mol. The van der Waals surface area contributed by atoms with Gasteiger partial charge in [-0.3, -0.25) is 10.1 Å². The molecule has 3 heterocycles. The number of rotatable bonds is 12. The number of ether oxygens (including phenoxy) is 2. The second kappa shape index (κ2) is 22.2. The number of nitro groups is 3. The molecule has 2 aliphatic rings. The van der Waals surface area contributed by atoms with Crippen molar-refractivity contribution in [3.05, 3.63) is 92.8 Å². The summed E-state index contributed by atoms with van der Waals surface area (Å²) in [5.74, 6) is 1.34. The Balaban J connectivity index is 0.000000263. The quantitative estimate of drug-likeness (QED) is 0.122. The van der Waals surface area contributed by atoms with Crippen LogP contribution in [0.5, 0.6) is 0 Å². The maximum absolute atomic E-state index is 10.5. The smallest absolute Gasteiger partial charge is 0.277 e. The van der Waals surface area contributed by atoms with Crippen molar-refractivity contribution in [1.82, 2.24) is 35.6 Å². The summed E-state index contributed by atoms with van der Waals surface area (Å²) in [6.07, 6.45) is 3.59. The van der Waals surface area contributed by atoms with Crippen LogP contribution in [0, 0.1) is 36.3 Å². The number of aromatic nitrogens is 1. The summed E-state index contributed by atoms with van der Waals surface area (Å²) in [6, 6.07) is 7.43. The number of halogens is 2. The number of guanidine groups is 2. The van der Waals surface area contributed by atoms with Gasteiger partial charge in [0.25, 0.3) is 18.1 Å². The van der Waals surface area contributed by atoms with Gasteiger partial charge in [-0.15, -0.1) is 11.3 Å². The van der Waals surface area contributed by atoms with Gasteiger partial charge >= 0.3 is 0 Å². The standard InChI is InChI=1S/C12H16ClN3O2.C8H10ClN5O3S.C7H14N4O3/c1-3-15(12(14-2)9-16(17)18)8-10-4-6-11(13)7-5-10;1-12-4-17-5-13(8(12)11-14(15)16)3-6-2-10-7(9)18-6;1-8-7(10-11(12)13)9-4-6-2-3-14-5-6/h4-7,9,14H,3,8H2,1-2H3;2H,3-5H2,1H3;6H,2-5H2,1H3,(H2,8,9,10)/b12-9+;11-8+;. The zero-order chi connectivity index (χ0) is 37.1. The normalized spacial score (nSPS) is 16.8. The fourth-order valence-corrected chi connectivity index (χ4v) is 5.46. The fourth-order valence-electron chi connectivity index (χ4n) is 4.34. The van der Waals surface area contributed by atoms with Crippen molar-refractivity contribution in [3.8, 4) is 0 Å². The molecule has 2 saturated heterocycles. The third-order valence-electron chi connectivity index (χ3n) is 6.69. The Hall–Kier alpha value is -4.57. The lowest BCUT2D eigenvalue weighted by molar-refractivity contribution is -0.486. The molecule has 0 bridgehead atoms. The fraction of sp³-hybridized carbons (Fsp3) is 0.519. The highest BCUT2D eigenvalue weighted by molar-refractivity contribution is 7.15. The van der Waals surface area contributed by atoms with Crippen LogP contribution in [-0.2, 0) is 22.6 Å². The molecule has 50 heavy (non-hydrogen) atoms. The van der Waals surface area contributed by atoms with Crippen molar-refractivity contribution in [3.63, 3.8) is 0 Å². The van der Waals surface area contributed by atoms with E-state index in [2.05, 4.69) is 31.1 Å². The molecule has 2 fully saturated rings. The van der Waals surface area contributed by atoms with E-state index >= 15 is 0 Å². The van der Waals surface area contributed by atoms with E-state index in [1.54, 1.807) is 49.3 Å². The SMILES string of the molecule is CCN(Cc1ccc(Cl)cc1)/C(=C/[N+](=O)[O-])NC.CN/C(=N\[N+](=O)[O-])NCC1CCOC1.CN1COCN(Cc2cnc(Cl)s2)/C1=N/[N+](=O)[O-]. The van der Waals surface area contributed by atoms with Gasteiger partial charge in [-0.05, 0) is 31.0 Å². The third-order valence-corrected chi connectivity index (χ3v) is 8.04. The van der Waals surface area contributed by atoms with E-state index in [1.165, 1.54) is 11.3 Å². The average molecular weight is 764 g/mol. The van der Waals surface area contributed by atoms with Gasteiger partial charge in [0.15, 0.2) is 20.4 Å². The lowest BCUT2D eigenvalue weighted by Crippen LogP contribution is -2.49. The van der Waals surface area contributed by atoms with Crippen molar-refractivity contribution in [2.24, 2.45) is 16.1 Å². The minimum Gasteiger partial charge on any atom is -0.381 e. The molecule has 2 aliphatic heterocycles. The van der Waals surface area contributed by atoms with Crippen LogP contribution in [0.1, 0.15) is 23.8 Å². The zero-order valence-corrected chi connectivity index (χ0v) is 30.2. The summed E-state index contributed by atoms with van der Waals surface area (Å²) in [4.78, 5) is 40.6. The largest absolute Gasteiger partial charge is 0.381 e. The van der Waals surface area contributed by atoms with E-state index in [9.17, 15) is 30.3 Å². The molecule has 276 valence electrons. The first-order chi connectivity index (χ1) is 23.8. The molecule has 20 nitrogen and oxygen atoms in total. The predicted octanol–water partition coefficient (Wildman–Crippen LogP) is 2.86. The number of thiazole rings is 1. The van der Waals surface area contributed by atoms with E-state index in [0.717, 1.165) is 29.7 Å². The van der Waals surface area contributed by atoms with Crippen molar-refractivity contribution >= 4 is 46.5 Å². The molecule has 2 aromatic rings. The molecule has 3 N–H and O–H groups in total. The van der Waals surface area contributed by atoms with Crippen LogP contribution in [0.3, 0.4) is 0 Å². The van der Waals surface area contributed by atoms with Gasteiger partial charge < -0.3 is 40.1 Å². The average Bonchev–Trinajstić information content (AvgIpc) is 3.75. The van der Waals surface area contributed by atoms with Crippen LogP contribution < -0.4 is 16.0 Å². The topological polar surface area (TPSA) is 231 Å². The van der Waals surface area contributed by atoms with Crippen molar-refractivity contribution in [1.29, 1.82) is 0 Å². The van der Waals surface area contributed by atoms with Crippen LogP contribution in [0.15, 0.2) is 52.7 Å². The molecule has 1 atom stereocenters. The molecular weight excluding hydrogens is 723 g/mol. The van der Waals surface area contributed by atoms with E-state index < -0.39 is 15.0 Å². The summed E-state index contributed by atoms with van der Waals surface area (Å²) in [5, 5.41) is 45.1. The van der Waals surface area contributed by atoms with Crippen LogP contribution >= 0.6 is 34.5 Å². The number of hydrazone groups is 2. The van der Waals surface area contributed by atoms with Crippen molar-refractivity contribution in [2.75, 3.05) is 60.9 Å². The Morgan fingerprint density at radius 1 is 1.12 bits per heavy atom. The molecule has 4 rings (SSSR count). The highest BCUT2D eigenvalue weighted by Crippen LogP contribution is 2.21. The Morgan fingerprint density at radius 2 is 1.84 bits per heavy atom. The van der Waals surface area contributed by atoms with E-state index in [1.807, 2.05) is 24.0 Å². The second-order valence-electron chi connectivity index (χ2n) is 10.3. The van der Waals surface area contributed by atoms with Crippen LogP contribution in [0.25, 0.3) is 0 Å². The number of hydrogen-bond donors (Lipinski definition) is 3. The van der Waals surface area contributed by atoms with Crippen molar-refractivity contribution < 1.29 is 24.5 Å². The minimum atomic E-state index is -0.732. The second-order valence-corrected chi connectivity index (χ2v) is 12.4. The van der Waals surface area contributed by atoms with E-state index in [4.69, 9.17) is 32.7 Å². The molecule has 0 radical (unpaired) electrons. The third kappa shape index (κ3) is 15.8. The minimum absolute atomic E-state index is 0.182. The summed E-state index contributed by atoms with van der Waals surface area (Å²) in [5.41, 5.74) is 1.05. The molecule has 0 amide bonds. The first-order valence-electron chi connectivity index (χ1n) is 15.0. The molecular formula is C27H40Cl2N12O8S. The molecule has 1 aromatic heterocycles. The Kier molecular flexibility index (Phi) is 18.5. The molecule has 1 aromatic carbocycles. The predicted molar refractivity (Wildman–Crippen MR) is 188 cm³/mol. The Labute approximate surface area is 302 Å². The number of nitrogens with zero attached hydrogens (tertiary/aromatic N) is 9. The number of benzene rings is 1. The summed E-state index contributed by atoms with van der Waals surface area (Å²) in [6.45, 7) is 6.27. The van der Waals surface area contributed by atoms with Crippen LogP contribution in [0.2, 0.25) is 9.49 Å². The van der Waals surface area contributed by atoms with Gasteiger partial charge in [-0.1, -0.05) is 35.3 Å². The molecule has 23 heteroatoms. The molecule has 0 spiro atoms. The molecule has 0 saturated carbocycles. The van der Waals surface area contributed by atoms with Gasteiger partial charge in [-0.2, -0.15) is 0 Å². The van der Waals surface area contributed by atoms with E-state index in [-0.39, 0.29) is 25.4 Å². The maximum atomic E-state index is 10.5.